The van der Waals surface area contributed by atoms with Crippen LogP contribution in [0.4, 0.5) is 0 Å². The molecule has 22 heavy (non-hydrogen) atoms. The molecular weight excluding hydrogens is 284 g/mol. The van der Waals surface area contributed by atoms with Crippen molar-refractivity contribution in [2.45, 2.75) is 63.8 Å². The summed E-state index contributed by atoms with van der Waals surface area (Å²) in [4.78, 5) is 35.0. The topological polar surface area (TPSA) is 95.5 Å². The van der Waals surface area contributed by atoms with Gasteiger partial charge in [-0.3, -0.25) is 9.59 Å². The highest BCUT2D eigenvalue weighted by Gasteiger charge is 2.42. The van der Waals surface area contributed by atoms with Crippen LogP contribution in [-0.2, 0) is 14.4 Å². The van der Waals surface area contributed by atoms with Gasteiger partial charge in [0, 0.05) is 18.9 Å². The van der Waals surface area contributed by atoms with E-state index in [1.54, 1.807) is 0 Å². The number of hydrogen-bond acceptors (Lipinski definition) is 3. The van der Waals surface area contributed by atoms with E-state index in [1.165, 1.54) is 0 Å². The van der Waals surface area contributed by atoms with E-state index in [0.29, 0.717) is 31.7 Å². The highest BCUT2D eigenvalue weighted by Crippen LogP contribution is 2.32. The van der Waals surface area contributed by atoms with Gasteiger partial charge in [-0.2, -0.15) is 0 Å². The molecule has 0 bridgehead atoms. The smallest absolute Gasteiger partial charge is 0.329 e. The summed E-state index contributed by atoms with van der Waals surface area (Å²) < 4.78 is 0. The second-order valence-electron chi connectivity index (χ2n) is 6.79. The molecule has 2 saturated carbocycles. The number of hydrogen-bond donors (Lipinski definition) is 3. The van der Waals surface area contributed by atoms with Crippen LogP contribution in [0.1, 0.15) is 58.3 Å². The first kappa shape index (κ1) is 16.8. The molecule has 0 aromatic carbocycles. The van der Waals surface area contributed by atoms with Crippen molar-refractivity contribution >= 4 is 17.8 Å². The third-order valence-electron chi connectivity index (χ3n) is 4.74. The molecule has 0 aromatic heterocycles. The maximum absolute atomic E-state index is 12.0. The normalized spacial score (nSPS) is 28.0. The van der Waals surface area contributed by atoms with Crippen molar-refractivity contribution in [2.24, 2.45) is 11.8 Å². The van der Waals surface area contributed by atoms with E-state index in [0.717, 1.165) is 25.7 Å². The fourth-order valence-electron chi connectivity index (χ4n) is 2.93. The predicted octanol–water partition coefficient (Wildman–Crippen LogP) is 1.44. The van der Waals surface area contributed by atoms with Crippen LogP contribution in [0.3, 0.4) is 0 Å². The summed E-state index contributed by atoms with van der Waals surface area (Å²) in [6, 6.07) is 0. The van der Waals surface area contributed by atoms with E-state index in [4.69, 9.17) is 0 Å². The van der Waals surface area contributed by atoms with Crippen molar-refractivity contribution in [3.8, 4) is 0 Å². The van der Waals surface area contributed by atoms with Crippen molar-refractivity contribution < 1.29 is 19.5 Å². The van der Waals surface area contributed by atoms with Crippen LogP contribution in [0.2, 0.25) is 0 Å². The number of carboxylic acids is 1. The highest BCUT2D eigenvalue weighted by atomic mass is 16.4. The molecule has 3 N–H and O–H groups in total. The lowest BCUT2D eigenvalue weighted by Crippen LogP contribution is -2.56. The van der Waals surface area contributed by atoms with E-state index in [1.807, 2.05) is 0 Å². The van der Waals surface area contributed by atoms with E-state index < -0.39 is 11.5 Å². The zero-order valence-corrected chi connectivity index (χ0v) is 13.2. The molecule has 2 aliphatic rings. The number of nitrogens with one attached hydrogen (secondary N) is 2. The number of carboxylic acid groups (broad SMARTS) is 1. The molecule has 6 heteroatoms. The monoisotopic (exact) mass is 310 g/mol. The van der Waals surface area contributed by atoms with Gasteiger partial charge in [-0.25, -0.2) is 4.79 Å². The summed E-state index contributed by atoms with van der Waals surface area (Å²) in [5.74, 6) is -0.411. The average Bonchev–Trinajstić information content (AvgIpc) is 3.30. The van der Waals surface area contributed by atoms with Gasteiger partial charge < -0.3 is 15.7 Å². The molecule has 0 radical (unpaired) electrons. The fourth-order valence-corrected chi connectivity index (χ4v) is 2.93. The summed E-state index contributed by atoms with van der Waals surface area (Å²) in [5.41, 5.74) is -1.10. The van der Waals surface area contributed by atoms with Crippen molar-refractivity contribution in [3.63, 3.8) is 0 Å². The Morgan fingerprint density at radius 2 is 1.77 bits per heavy atom. The molecule has 0 unspecified atom stereocenters. The van der Waals surface area contributed by atoms with E-state index in [-0.39, 0.29) is 24.2 Å². The molecule has 0 atom stereocenters. The van der Waals surface area contributed by atoms with Crippen LogP contribution < -0.4 is 10.6 Å². The SMILES string of the molecule is CC1CCC(NC(=O)CCCNC(=O)C2CC2)(C(=O)O)CC1. The zero-order valence-electron chi connectivity index (χ0n) is 13.2. The quantitative estimate of drug-likeness (QED) is 0.620. The van der Waals surface area contributed by atoms with Crippen LogP contribution in [0.15, 0.2) is 0 Å². The van der Waals surface area contributed by atoms with Gasteiger partial charge in [-0.1, -0.05) is 6.92 Å². The van der Waals surface area contributed by atoms with Crippen LogP contribution >= 0.6 is 0 Å². The molecule has 0 aliphatic heterocycles. The van der Waals surface area contributed by atoms with E-state index in [9.17, 15) is 19.5 Å². The summed E-state index contributed by atoms with van der Waals surface area (Å²) in [5, 5.41) is 15.0. The second-order valence-corrected chi connectivity index (χ2v) is 6.79. The Labute approximate surface area is 131 Å². The first-order valence-corrected chi connectivity index (χ1v) is 8.25. The van der Waals surface area contributed by atoms with Gasteiger partial charge in [0.25, 0.3) is 0 Å². The highest BCUT2D eigenvalue weighted by molar-refractivity contribution is 5.87. The Morgan fingerprint density at radius 1 is 1.14 bits per heavy atom. The van der Waals surface area contributed by atoms with Crippen LogP contribution in [-0.4, -0.2) is 35.0 Å². The number of amides is 2. The molecule has 2 fully saturated rings. The van der Waals surface area contributed by atoms with Crippen LogP contribution in [0, 0.1) is 11.8 Å². The Balaban J connectivity index is 1.71. The molecule has 0 heterocycles. The molecule has 0 aromatic rings. The maximum atomic E-state index is 12.0. The van der Waals surface area contributed by atoms with E-state index in [2.05, 4.69) is 17.6 Å². The van der Waals surface area contributed by atoms with Gasteiger partial charge in [0.1, 0.15) is 5.54 Å². The summed E-state index contributed by atoms with van der Waals surface area (Å²) >= 11 is 0. The minimum atomic E-state index is -1.10. The minimum Gasteiger partial charge on any atom is -0.480 e. The van der Waals surface area contributed by atoms with Crippen molar-refractivity contribution in [1.29, 1.82) is 0 Å². The Kier molecular flexibility index (Phi) is 5.42. The summed E-state index contributed by atoms with van der Waals surface area (Å²) in [6.45, 7) is 2.58. The molecule has 2 aliphatic carbocycles. The van der Waals surface area contributed by atoms with Crippen molar-refractivity contribution in [3.05, 3.63) is 0 Å². The Morgan fingerprint density at radius 3 is 2.32 bits per heavy atom. The summed E-state index contributed by atoms with van der Waals surface area (Å²) in [6.07, 6.45) is 5.35. The number of aliphatic carboxylic acids is 1. The van der Waals surface area contributed by atoms with E-state index >= 15 is 0 Å². The van der Waals surface area contributed by atoms with Gasteiger partial charge >= 0.3 is 5.97 Å². The first-order valence-electron chi connectivity index (χ1n) is 8.25. The lowest BCUT2D eigenvalue weighted by atomic mass is 9.77. The van der Waals surface area contributed by atoms with Crippen molar-refractivity contribution in [1.82, 2.24) is 10.6 Å². The molecule has 124 valence electrons. The fraction of sp³-hybridized carbons (Fsp3) is 0.812. The van der Waals surface area contributed by atoms with Gasteiger partial charge in [-0.15, -0.1) is 0 Å². The zero-order chi connectivity index (χ0) is 16.2. The molecule has 2 amide bonds. The maximum Gasteiger partial charge on any atom is 0.329 e. The minimum absolute atomic E-state index is 0.0729. The van der Waals surface area contributed by atoms with Gasteiger partial charge in [0.15, 0.2) is 0 Å². The van der Waals surface area contributed by atoms with Gasteiger partial charge in [0.05, 0.1) is 0 Å². The average molecular weight is 310 g/mol. The van der Waals surface area contributed by atoms with Crippen LogP contribution in [0.25, 0.3) is 0 Å². The second kappa shape index (κ2) is 7.11. The largest absolute Gasteiger partial charge is 0.480 e. The number of carbonyl (C=O) groups is 3. The molecule has 0 spiro atoms. The molecule has 6 nitrogen and oxygen atoms in total. The third-order valence-corrected chi connectivity index (χ3v) is 4.74. The van der Waals surface area contributed by atoms with Gasteiger partial charge in [0.2, 0.25) is 11.8 Å². The number of rotatable bonds is 7. The lowest BCUT2D eigenvalue weighted by molar-refractivity contribution is -0.149. The first-order chi connectivity index (χ1) is 10.4. The molecule has 2 rings (SSSR count). The number of carbonyl (C=O) groups excluding carboxylic acids is 2. The molecular formula is C16H26N2O4. The van der Waals surface area contributed by atoms with Gasteiger partial charge in [-0.05, 0) is 50.9 Å². The predicted molar refractivity (Wildman–Crippen MR) is 81.1 cm³/mol. The standard InChI is InChI=1S/C16H26N2O4/c1-11-6-8-16(9-7-11,15(21)22)18-13(19)3-2-10-17-14(20)12-4-5-12/h11-12H,2-10H2,1H3,(H,17,20)(H,18,19)(H,21,22). The Hall–Kier alpha value is -1.59. The third kappa shape index (κ3) is 4.45. The Bertz CT molecular complexity index is 437. The summed E-state index contributed by atoms with van der Waals surface area (Å²) in [7, 11) is 0. The van der Waals surface area contributed by atoms with Crippen LogP contribution in [0.5, 0.6) is 0 Å². The lowest BCUT2D eigenvalue weighted by Gasteiger charge is -2.36. The van der Waals surface area contributed by atoms with Crippen molar-refractivity contribution in [2.75, 3.05) is 6.54 Å². The molecule has 0 saturated heterocycles.